The molecule has 0 atom stereocenters. The highest BCUT2D eigenvalue weighted by molar-refractivity contribution is 6.62. The topological polar surface area (TPSA) is 86.5 Å². The van der Waals surface area contributed by atoms with E-state index in [1.807, 2.05) is 73.6 Å². The Morgan fingerprint density at radius 3 is 2.28 bits per heavy atom. The van der Waals surface area contributed by atoms with E-state index in [-0.39, 0.29) is 28.4 Å². The molecule has 0 aliphatic carbocycles. The van der Waals surface area contributed by atoms with E-state index in [9.17, 15) is 4.79 Å². The van der Waals surface area contributed by atoms with Crippen LogP contribution in [0.5, 0.6) is 0 Å². The van der Waals surface area contributed by atoms with Crippen molar-refractivity contribution >= 4 is 18.5 Å². The number of aryl methyl sites for hydroxylation is 1. The first-order valence-corrected chi connectivity index (χ1v) is 9.88. The summed E-state index contributed by atoms with van der Waals surface area (Å²) >= 11 is 0. The van der Waals surface area contributed by atoms with Crippen LogP contribution in [-0.2, 0) is 21.3 Å². The normalized spacial score (nSPS) is 18.1. The Kier molecular flexibility index (Phi) is 5.38. The zero-order valence-corrected chi connectivity index (χ0v) is 18.5. The van der Waals surface area contributed by atoms with Gasteiger partial charge >= 0.3 is 18.9 Å². The Labute approximate surface area is 172 Å². The Hall–Kier alpha value is -2.19. The number of hydrogen-bond donors (Lipinski definition) is 1. The van der Waals surface area contributed by atoms with Crippen molar-refractivity contribution in [3.8, 4) is 0 Å². The average molecular weight is 399 g/mol. The molecule has 0 unspecified atom stereocenters. The van der Waals surface area contributed by atoms with Gasteiger partial charge in [0.05, 0.1) is 11.2 Å². The predicted molar refractivity (Wildman–Crippen MR) is 111 cm³/mol. The van der Waals surface area contributed by atoms with Gasteiger partial charge in [0.15, 0.2) is 5.82 Å². The molecule has 1 aliphatic heterocycles. The molecule has 1 N–H and O–H groups in total. The summed E-state index contributed by atoms with van der Waals surface area (Å²) in [4.78, 5) is 16.5. The number of amides is 1. The van der Waals surface area contributed by atoms with E-state index in [4.69, 9.17) is 13.8 Å². The van der Waals surface area contributed by atoms with Crippen LogP contribution >= 0.6 is 0 Å². The maximum Gasteiger partial charge on any atom is 0.494 e. The summed E-state index contributed by atoms with van der Waals surface area (Å²) in [5.41, 5.74) is 1.96. The number of carbonyl (C=O) groups is 1. The first-order chi connectivity index (χ1) is 13.3. The van der Waals surface area contributed by atoms with Crippen molar-refractivity contribution < 1.29 is 18.6 Å². The summed E-state index contributed by atoms with van der Waals surface area (Å²) in [5, 5.41) is 6.72. The Morgan fingerprint density at radius 1 is 1.14 bits per heavy atom. The van der Waals surface area contributed by atoms with Gasteiger partial charge in [0, 0.05) is 12.0 Å². The van der Waals surface area contributed by atoms with E-state index in [0.29, 0.717) is 12.4 Å². The first kappa shape index (κ1) is 21.5. The van der Waals surface area contributed by atoms with Crippen molar-refractivity contribution in [2.24, 2.45) is 0 Å². The van der Waals surface area contributed by atoms with Crippen LogP contribution in [0.15, 0.2) is 22.7 Å². The van der Waals surface area contributed by atoms with Crippen LogP contribution in [0.2, 0.25) is 0 Å². The lowest BCUT2D eigenvalue weighted by Gasteiger charge is -2.32. The van der Waals surface area contributed by atoms with Crippen molar-refractivity contribution in [3.63, 3.8) is 0 Å². The fraction of sp³-hybridized carbons (Fsp3) is 0.571. The maximum atomic E-state index is 12.3. The molecule has 8 heteroatoms. The highest BCUT2D eigenvalue weighted by atomic mass is 16.7. The molecule has 1 aromatic carbocycles. The average Bonchev–Trinajstić information content (AvgIpc) is 3.16. The summed E-state index contributed by atoms with van der Waals surface area (Å²) < 4.78 is 17.3. The molecule has 0 spiro atoms. The molecule has 7 nitrogen and oxygen atoms in total. The molecule has 29 heavy (non-hydrogen) atoms. The second-order valence-corrected chi connectivity index (χ2v) is 9.63. The van der Waals surface area contributed by atoms with E-state index < -0.39 is 7.12 Å². The Bertz CT molecular complexity index is 899. The van der Waals surface area contributed by atoms with E-state index >= 15 is 0 Å². The highest BCUT2D eigenvalue weighted by Gasteiger charge is 2.51. The molecule has 2 heterocycles. The molecular formula is C21H30BN3O4. The number of rotatable bonds is 4. The Morgan fingerprint density at radius 2 is 1.76 bits per heavy atom. The lowest BCUT2D eigenvalue weighted by molar-refractivity contribution is 0.00578. The van der Waals surface area contributed by atoms with E-state index in [1.165, 1.54) is 0 Å². The van der Waals surface area contributed by atoms with Crippen LogP contribution in [0.3, 0.4) is 0 Å². The third kappa shape index (κ3) is 4.38. The third-order valence-electron chi connectivity index (χ3n) is 5.62. The standard InChI is InChI=1S/C21H30BN3O4/c1-13-11-15(22-28-20(5,6)21(7,8)29-22)10-9-14(13)12-23-16(26)17-24-18(25-27-17)19(2,3)4/h9-11H,12H2,1-8H3,(H,23,26). The van der Waals surface area contributed by atoms with Gasteiger partial charge in [0.25, 0.3) is 0 Å². The predicted octanol–water partition coefficient (Wildman–Crippen LogP) is 2.90. The van der Waals surface area contributed by atoms with Crippen molar-refractivity contribution in [3.05, 3.63) is 41.0 Å². The van der Waals surface area contributed by atoms with Crippen LogP contribution in [0.25, 0.3) is 0 Å². The molecule has 156 valence electrons. The lowest BCUT2D eigenvalue weighted by Crippen LogP contribution is -2.41. The van der Waals surface area contributed by atoms with Crippen LogP contribution in [-0.4, -0.2) is 34.4 Å². The van der Waals surface area contributed by atoms with Gasteiger partial charge in [0.2, 0.25) is 0 Å². The monoisotopic (exact) mass is 399 g/mol. The zero-order valence-electron chi connectivity index (χ0n) is 18.5. The molecule has 1 fully saturated rings. The number of hydrogen-bond acceptors (Lipinski definition) is 6. The van der Waals surface area contributed by atoms with Gasteiger partial charge in [-0.1, -0.05) is 44.1 Å². The number of nitrogens with zero attached hydrogens (tertiary/aromatic N) is 2. The number of carbonyl (C=O) groups excluding carboxylic acids is 1. The zero-order chi connectivity index (χ0) is 21.6. The van der Waals surface area contributed by atoms with Gasteiger partial charge in [-0.3, -0.25) is 4.79 Å². The van der Waals surface area contributed by atoms with Crippen LogP contribution in [0, 0.1) is 6.92 Å². The summed E-state index contributed by atoms with van der Waals surface area (Å²) in [5.74, 6) is 0.0921. The minimum Gasteiger partial charge on any atom is -0.399 e. The van der Waals surface area contributed by atoms with Gasteiger partial charge in [-0.25, -0.2) is 0 Å². The smallest absolute Gasteiger partial charge is 0.399 e. The van der Waals surface area contributed by atoms with E-state index in [2.05, 4.69) is 15.5 Å². The number of nitrogens with one attached hydrogen (secondary N) is 1. The minimum atomic E-state index is -0.406. The second-order valence-electron chi connectivity index (χ2n) is 9.63. The van der Waals surface area contributed by atoms with Crippen molar-refractivity contribution in [2.45, 2.75) is 78.6 Å². The van der Waals surface area contributed by atoms with Crippen molar-refractivity contribution in [1.29, 1.82) is 0 Å². The largest absolute Gasteiger partial charge is 0.494 e. The van der Waals surface area contributed by atoms with E-state index in [1.54, 1.807) is 0 Å². The van der Waals surface area contributed by atoms with Crippen molar-refractivity contribution in [2.75, 3.05) is 0 Å². The molecule has 1 aromatic heterocycles. The fourth-order valence-electron chi connectivity index (χ4n) is 2.91. The fourth-order valence-corrected chi connectivity index (χ4v) is 2.91. The van der Waals surface area contributed by atoms with Gasteiger partial charge in [0.1, 0.15) is 0 Å². The number of aromatic nitrogens is 2. The van der Waals surface area contributed by atoms with Crippen LogP contribution in [0.4, 0.5) is 0 Å². The van der Waals surface area contributed by atoms with Gasteiger partial charge in [-0.2, -0.15) is 4.98 Å². The Balaban J connectivity index is 1.66. The third-order valence-corrected chi connectivity index (χ3v) is 5.62. The molecule has 0 bridgehead atoms. The maximum absolute atomic E-state index is 12.3. The van der Waals surface area contributed by atoms with E-state index in [0.717, 1.165) is 16.6 Å². The lowest BCUT2D eigenvalue weighted by atomic mass is 9.78. The van der Waals surface area contributed by atoms with Gasteiger partial charge in [-0.15, -0.1) is 0 Å². The molecule has 3 rings (SSSR count). The van der Waals surface area contributed by atoms with Gasteiger partial charge in [-0.05, 0) is 51.2 Å². The van der Waals surface area contributed by atoms with Crippen LogP contribution in [0.1, 0.15) is 76.1 Å². The molecule has 1 aliphatic rings. The number of benzene rings is 1. The quantitative estimate of drug-likeness (QED) is 0.796. The summed E-state index contributed by atoms with van der Waals surface area (Å²) in [6.07, 6.45) is 0. The van der Waals surface area contributed by atoms with Gasteiger partial charge < -0.3 is 19.1 Å². The molecule has 2 aromatic rings. The second kappa shape index (κ2) is 7.25. The molecular weight excluding hydrogens is 369 g/mol. The highest BCUT2D eigenvalue weighted by Crippen LogP contribution is 2.36. The summed E-state index contributed by atoms with van der Waals surface area (Å²) in [7, 11) is -0.406. The molecule has 1 saturated heterocycles. The summed E-state index contributed by atoms with van der Waals surface area (Å²) in [6.45, 7) is 16.4. The van der Waals surface area contributed by atoms with Crippen LogP contribution < -0.4 is 10.8 Å². The van der Waals surface area contributed by atoms with Crippen molar-refractivity contribution in [1.82, 2.24) is 15.5 Å². The minimum absolute atomic E-state index is 0.0265. The first-order valence-electron chi connectivity index (χ1n) is 9.88. The SMILES string of the molecule is Cc1cc(B2OC(C)(C)C(C)(C)O2)ccc1CNC(=O)c1nc(C(C)(C)C)no1. The molecule has 0 radical (unpaired) electrons. The molecule has 0 saturated carbocycles. The molecule has 1 amide bonds. The summed E-state index contributed by atoms with van der Waals surface area (Å²) in [6, 6.07) is 5.99.